The van der Waals surface area contributed by atoms with E-state index in [1.807, 2.05) is 13.8 Å². The van der Waals surface area contributed by atoms with Crippen LogP contribution < -0.4 is 5.32 Å². The van der Waals surface area contributed by atoms with Crippen molar-refractivity contribution < 1.29 is 9.90 Å². The maximum Gasteiger partial charge on any atom is 0.320 e. The lowest BCUT2D eigenvalue weighted by Crippen LogP contribution is -2.41. The van der Waals surface area contributed by atoms with Crippen LogP contribution in [0.15, 0.2) is 0 Å². The molecule has 0 aromatic rings. The van der Waals surface area contributed by atoms with Crippen molar-refractivity contribution in [1.82, 2.24) is 5.32 Å². The molecule has 0 rings (SSSR count). The molecule has 1 unspecified atom stereocenters. The Morgan fingerprint density at radius 1 is 1.29 bits per heavy atom. The van der Waals surface area contributed by atoms with Gasteiger partial charge in [-0.15, -0.1) is 0 Å². The van der Waals surface area contributed by atoms with Gasteiger partial charge in [-0.25, -0.2) is 0 Å². The number of carboxylic acids is 1. The maximum absolute atomic E-state index is 10.8. The summed E-state index contributed by atoms with van der Waals surface area (Å²) in [6.45, 7) is 9.00. The van der Waals surface area contributed by atoms with Crippen LogP contribution in [0, 0.1) is 11.8 Å². The second-order valence-electron chi connectivity index (χ2n) is 4.55. The minimum absolute atomic E-state index is 0.145. The van der Waals surface area contributed by atoms with Gasteiger partial charge in [-0.3, -0.25) is 4.79 Å². The number of nitrogens with one attached hydrogen (secondary N) is 1. The van der Waals surface area contributed by atoms with E-state index in [2.05, 4.69) is 19.2 Å². The fraction of sp³-hybridized carbons (Fsp3) is 0.909. The van der Waals surface area contributed by atoms with Gasteiger partial charge >= 0.3 is 5.97 Å². The molecule has 84 valence electrons. The highest BCUT2D eigenvalue weighted by atomic mass is 16.4. The predicted molar refractivity (Wildman–Crippen MR) is 58.3 cm³/mol. The first-order valence-electron chi connectivity index (χ1n) is 5.41. The molecule has 0 aliphatic heterocycles. The fourth-order valence-electron chi connectivity index (χ4n) is 1.38. The SMILES string of the molecule is CC(C)CCCNC(C(=O)O)C(C)C. The van der Waals surface area contributed by atoms with Crippen LogP contribution in [0.25, 0.3) is 0 Å². The van der Waals surface area contributed by atoms with Crippen molar-refractivity contribution in [3.63, 3.8) is 0 Å². The van der Waals surface area contributed by atoms with Crippen LogP contribution in [0.3, 0.4) is 0 Å². The summed E-state index contributed by atoms with van der Waals surface area (Å²) in [4.78, 5) is 10.8. The van der Waals surface area contributed by atoms with E-state index in [-0.39, 0.29) is 5.92 Å². The third kappa shape index (κ3) is 5.97. The van der Waals surface area contributed by atoms with Gasteiger partial charge in [-0.1, -0.05) is 27.7 Å². The summed E-state index contributed by atoms with van der Waals surface area (Å²) >= 11 is 0. The zero-order chi connectivity index (χ0) is 11.1. The van der Waals surface area contributed by atoms with Crippen molar-refractivity contribution in [3.8, 4) is 0 Å². The molecule has 0 aromatic heterocycles. The Bertz CT molecular complexity index is 167. The highest BCUT2D eigenvalue weighted by molar-refractivity contribution is 5.73. The van der Waals surface area contributed by atoms with Crippen LogP contribution in [-0.2, 0) is 4.79 Å². The summed E-state index contributed by atoms with van der Waals surface area (Å²) in [6, 6.07) is -0.401. The van der Waals surface area contributed by atoms with Gasteiger partial charge in [0, 0.05) is 0 Å². The molecule has 2 N–H and O–H groups in total. The molecule has 0 aromatic carbocycles. The van der Waals surface area contributed by atoms with Gasteiger partial charge in [0.1, 0.15) is 6.04 Å². The Morgan fingerprint density at radius 3 is 2.21 bits per heavy atom. The zero-order valence-electron chi connectivity index (χ0n) is 9.71. The van der Waals surface area contributed by atoms with Crippen LogP contribution in [0.4, 0.5) is 0 Å². The van der Waals surface area contributed by atoms with Crippen LogP contribution in [0.1, 0.15) is 40.5 Å². The van der Waals surface area contributed by atoms with Crippen molar-refractivity contribution in [2.45, 2.75) is 46.6 Å². The van der Waals surface area contributed by atoms with E-state index in [1.165, 1.54) is 0 Å². The highest BCUT2D eigenvalue weighted by Crippen LogP contribution is 2.04. The van der Waals surface area contributed by atoms with E-state index in [1.54, 1.807) is 0 Å². The molecule has 0 fully saturated rings. The van der Waals surface area contributed by atoms with E-state index >= 15 is 0 Å². The first-order chi connectivity index (χ1) is 6.45. The molecule has 0 bridgehead atoms. The number of hydrogen-bond acceptors (Lipinski definition) is 2. The lowest BCUT2D eigenvalue weighted by molar-refractivity contribution is -0.140. The summed E-state index contributed by atoms with van der Waals surface area (Å²) in [5.41, 5.74) is 0. The van der Waals surface area contributed by atoms with Crippen LogP contribution >= 0.6 is 0 Å². The second kappa shape index (κ2) is 6.82. The third-order valence-corrected chi connectivity index (χ3v) is 2.26. The molecule has 0 amide bonds. The normalized spacial score (nSPS) is 13.6. The largest absolute Gasteiger partial charge is 0.480 e. The highest BCUT2D eigenvalue weighted by Gasteiger charge is 2.19. The van der Waals surface area contributed by atoms with E-state index < -0.39 is 12.0 Å². The average Bonchev–Trinajstić information content (AvgIpc) is 2.01. The number of rotatable bonds is 7. The van der Waals surface area contributed by atoms with Gasteiger partial charge in [-0.05, 0) is 31.2 Å². The van der Waals surface area contributed by atoms with Gasteiger partial charge in [0.15, 0.2) is 0 Å². The molecule has 0 radical (unpaired) electrons. The van der Waals surface area contributed by atoms with E-state index in [0.717, 1.165) is 19.4 Å². The topological polar surface area (TPSA) is 49.3 Å². The quantitative estimate of drug-likeness (QED) is 0.620. The minimum Gasteiger partial charge on any atom is -0.480 e. The molecule has 0 saturated carbocycles. The summed E-state index contributed by atoms with van der Waals surface area (Å²) < 4.78 is 0. The Labute approximate surface area is 86.9 Å². The van der Waals surface area contributed by atoms with Crippen molar-refractivity contribution in [3.05, 3.63) is 0 Å². The van der Waals surface area contributed by atoms with Gasteiger partial charge in [0.25, 0.3) is 0 Å². The molecule has 3 nitrogen and oxygen atoms in total. The van der Waals surface area contributed by atoms with E-state index in [0.29, 0.717) is 5.92 Å². The summed E-state index contributed by atoms with van der Waals surface area (Å²) in [7, 11) is 0. The lowest BCUT2D eigenvalue weighted by atomic mass is 10.0. The molecular formula is C11H23NO2. The van der Waals surface area contributed by atoms with E-state index in [9.17, 15) is 4.79 Å². The summed E-state index contributed by atoms with van der Waals surface area (Å²) in [6.07, 6.45) is 2.20. The van der Waals surface area contributed by atoms with Crippen molar-refractivity contribution in [2.24, 2.45) is 11.8 Å². The van der Waals surface area contributed by atoms with Crippen molar-refractivity contribution >= 4 is 5.97 Å². The summed E-state index contributed by atoms with van der Waals surface area (Å²) in [5, 5.41) is 12.0. The lowest BCUT2D eigenvalue weighted by Gasteiger charge is -2.18. The predicted octanol–water partition coefficient (Wildman–Crippen LogP) is 2.12. The van der Waals surface area contributed by atoms with Gasteiger partial charge < -0.3 is 10.4 Å². The molecule has 0 saturated heterocycles. The molecule has 1 atom stereocenters. The number of hydrogen-bond donors (Lipinski definition) is 2. The molecule has 0 aliphatic rings. The number of carboxylic acid groups (broad SMARTS) is 1. The second-order valence-corrected chi connectivity index (χ2v) is 4.55. The van der Waals surface area contributed by atoms with Gasteiger partial charge in [0.05, 0.1) is 0 Å². The number of aliphatic carboxylic acids is 1. The monoisotopic (exact) mass is 201 g/mol. The van der Waals surface area contributed by atoms with Crippen molar-refractivity contribution in [1.29, 1.82) is 0 Å². The third-order valence-electron chi connectivity index (χ3n) is 2.26. The van der Waals surface area contributed by atoms with E-state index in [4.69, 9.17) is 5.11 Å². The fourth-order valence-corrected chi connectivity index (χ4v) is 1.38. The Morgan fingerprint density at radius 2 is 1.86 bits per heavy atom. The Hall–Kier alpha value is -0.570. The maximum atomic E-state index is 10.8. The van der Waals surface area contributed by atoms with Crippen molar-refractivity contribution in [2.75, 3.05) is 6.54 Å². The van der Waals surface area contributed by atoms with Crippen LogP contribution in [-0.4, -0.2) is 23.7 Å². The van der Waals surface area contributed by atoms with Gasteiger partial charge in [-0.2, -0.15) is 0 Å². The molecule has 0 aliphatic carbocycles. The number of carbonyl (C=O) groups is 1. The standard InChI is InChI=1S/C11H23NO2/c1-8(2)6-5-7-12-10(9(3)4)11(13)14/h8-10,12H,5-7H2,1-4H3,(H,13,14). The molecule has 14 heavy (non-hydrogen) atoms. The minimum atomic E-state index is -0.746. The first-order valence-corrected chi connectivity index (χ1v) is 5.41. The molecular weight excluding hydrogens is 178 g/mol. The smallest absolute Gasteiger partial charge is 0.320 e. The Balaban J connectivity index is 3.67. The summed E-state index contributed by atoms with van der Waals surface area (Å²) in [5.74, 6) is 0.0928. The first kappa shape index (κ1) is 13.4. The average molecular weight is 201 g/mol. The molecule has 0 spiro atoms. The van der Waals surface area contributed by atoms with Crippen LogP contribution in [0.5, 0.6) is 0 Å². The molecule has 0 heterocycles. The van der Waals surface area contributed by atoms with Crippen LogP contribution in [0.2, 0.25) is 0 Å². The molecule has 3 heteroatoms. The Kier molecular flexibility index (Phi) is 6.54. The zero-order valence-corrected chi connectivity index (χ0v) is 9.71. The van der Waals surface area contributed by atoms with Gasteiger partial charge in [0.2, 0.25) is 0 Å².